The van der Waals surface area contributed by atoms with Crippen molar-refractivity contribution in [3.05, 3.63) is 35.4 Å². The second-order valence-corrected chi connectivity index (χ2v) is 5.29. The summed E-state index contributed by atoms with van der Waals surface area (Å²) in [5.74, 6) is 0.215. The molecule has 1 saturated heterocycles. The molecular weight excluding hydrogens is 238 g/mol. The summed E-state index contributed by atoms with van der Waals surface area (Å²) in [5.41, 5.74) is 2.54. The van der Waals surface area contributed by atoms with E-state index in [4.69, 9.17) is 0 Å². The number of benzene rings is 1. The first-order valence-electron chi connectivity index (χ1n) is 6.81. The Balaban J connectivity index is 2.08. The van der Waals surface area contributed by atoms with Crippen molar-refractivity contribution in [2.75, 3.05) is 33.7 Å². The number of carbonyl (C=O) groups excluding carboxylic acids is 1. The lowest BCUT2D eigenvalue weighted by Crippen LogP contribution is -2.58. The number of likely N-dealkylation sites (N-methyl/N-ethyl adjacent to an activating group) is 2. The summed E-state index contributed by atoms with van der Waals surface area (Å²) in [7, 11) is 3.78. The monoisotopic (exact) mass is 261 g/mol. The van der Waals surface area contributed by atoms with E-state index in [1.54, 1.807) is 0 Å². The predicted octanol–water partition coefficient (Wildman–Crippen LogP) is 0.857. The highest BCUT2D eigenvalue weighted by molar-refractivity contribution is 5.82. The highest BCUT2D eigenvalue weighted by Gasteiger charge is 2.32. The molecule has 0 aliphatic carbocycles. The largest absolute Gasteiger partial charge is 0.343 e. The van der Waals surface area contributed by atoms with Gasteiger partial charge in [0.15, 0.2) is 0 Å². The molecule has 2 rings (SSSR count). The minimum absolute atomic E-state index is 0.0509. The maximum absolute atomic E-state index is 12.2. The number of piperazine rings is 1. The number of carbonyl (C=O) groups is 1. The van der Waals surface area contributed by atoms with Crippen LogP contribution >= 0.6 is 0 Å². The molecular formula is C15H23N3O. The highest BCUT2D eigenvalue weighted by atomic mass is 16.2. The molecule has 1 amide bonds. The lowest BCUT2D eigenvalue weighted by atomic mass is 10.1. The zero-order valence-electron chi connectivity index (χ0n) is 12.0. The van der Waals surface area contributed by atoms with Crippen LogP contribution in [0.1, 0.15) is 11.1 Å². The van der Waals surface area contributed by atoms with Crippen LogP contribution in [0.15, 0.2) is 24.3 Å². The molecule has 1 unspecified atom stereocenters. The normalized spacial score (nSPS) is 20.9. The van der Waals surface area contributed by atoms with Gasteiger partial charge in [0, 0.05) is 33.2 Å². The number of nitrogens with zero attached hydrogens (tertiary/aromatic N) is 2. The van der Waals surface area contributed by atoms with Gasteiger partial charge in [-0.1, -0.05) is 29.8 Å². The first-order valence-corrected chi connectivity index (χ1v) is 6.81. The van der Waals surface area contributed by atoms with Crippen molar-refractivity contribution in [3.8, 4) is 0 Å². The third-order valence-electron chi connectivity index (χ3n) is 3.73. The van der Waals surface area contributed by atoms with Gasteiger partial charge < -0.3 is 10.2 Å². The number of rotatable bonds is 4. The molecule has 0 spiro atoms. The van der Waals surface area contributed by atoms with Gasteiger partial charge in [-0.25, -0.2) is 0 Å². The molecule has 4 heteroatoms. The summed E-state index contributed by atoms with van der Waals surface area (Å²) in [4.78, 5) is 16.3. The summed E-state index contributed by atoms with van der Waals surface area (Å²) in [5, 5.41) is 3.12. The molecule has 4 nitrogen and oxygen atoms in total. The van der Waals surface area contributed by atoms with Crippen LogP contribution in [0.2, 0.25) is 0 Å². The molecule has 1 aromatic rings. The molecule has 1 aliphatic rings. The van der Waals surface area contributed by atoms with Gasteiger partial charge in [-0.15, -0.1) is 0 Å². The van der Waals surface area contributed by atoms with Crippen molar-refractivity contribution in [1.29, 1.82) is 0 Å². The predicted molar refractivity (Wildman–Crippen MR) is 76.9 cm³/mol. The average molecular weight is 261 g/mol. The smallest absolute Gasteiger partial charge is 0.241 e. The van der Waals surface area contributed by atoms with E-state index in [1.165, 1.54) is 11.1 Å². The van der Waals surface area contributed by atoms with Crippen molar-refractivity contribution in [3.63, 3.8) is 0 Å². The van der Waals surface area contributed by atoms with Gasteiger partial charge in [0.05, 0.1) is 0 Å². The molecule has 0 radical (unpaired) electrons. The van der Waals surface area contributed by atoms with Crippen LogP contribution in [0, 0.1) is 6.92 Å². The maximum atomic E-state index is 12.2. The molecule has 19 heavy (non-hydrogen) atoms. The topological polar surface area (TPSA) is 35.6 Å². The fourth-order valence-electron chi connectivity index (χ4n) is 2.48. The Kier molecular flexibility index (Phi) is 4.56. The van der Waals surface area contributed by atoms with E-state index < -0.39 is 0 Å². The van der Waals surface area contributed by atoms with Crippen LogP contribution in [0.5, 0.6) is 0 Å². The zero-order valence-corrected chi connectivity index (χ0v) is 12.0. The van der Waals surface area contributed by atoms with Crippen LogP contribution in [-0.2, 0) is 11.3 Å². The molecule has 0 aromatic heterocycles. The van der Waals surface area contributed by atoms with E-state index in [-0.39, 0.29) is 11.9 Å². The molecule has 0 bridgehead atoms. The number of hydrogen-bond donors (Lipinski definition) is 1. The molecule has 1 atom stereocenters. The minimum Gasteiger partial charge on any atom is -0.343 e. The molecule has 1 aliphatic heterocycles. The van der Waals surface area contributed by atoms with Crippen LogP contribution < -0.4 is 5.32 Å². The van der Waals surface area contributed by atoms with E-state index >= 15 is 0 Å². The maximum Gasteiger partial charge on any atom is 0.241 e. The summed E-state index contributed by atoms with van der Waals surface area (Å²) >= 11 is 0. The van der Waals surface area contributed by atoms with E-state index in [9.17, 15) is 4.79 Å². The average Bonchev–Trinajstić information content (AvgIpc) is 2.41. The van der Waals surface area contributed by atoms with E-state index in [0.717, 1.165) is 19.6 Å². The first-order chi connectivity index (χ1) is 9.11. The van der Waals surface area contributed by atoms with E-state index in [2.05, 4.69) is 41.4 Å². The quantitative estimate of drug-likeness (QED) is 0.873. The summed E-state index contributed by atoms with van der Waals surface area (Å²) in [6.45, 7) is 5.38. The van der Waals surface area contributed by atoms with Crippen LogP contribution in [0.25, 0.3) is 0 Å². The Hall–Kier alpha value is -1.39. The third kappa shape index (κ3) is 3.33. The molecule has 1 aromatic carbocycles. The molecule has 1 heterocycles. The molecule has 0 saturated carbocycles. The number of aryl methyl sites for hydroxylation is 1. The van der Waals surface area contributed by atoms with Crippen LogP contribution in [0.4, 0.5) is 0 Å². The summed E-state index contributed by atoms with van der Waals surface area (Å²) in [6, 6.07) is 8.49. The van der Waals surface area contributed by atoms with Gasteiger partial charge in [-0.2, -0.15) is 0 Å². The lowest BCUT2D eigenvalue weighted by molar-refractivity contribution is -0.140. The third-order valence-corrected chi connectivity index (χ3v) is 3.73. The number of nitrogens with one attached hydrogen (secondary N) is 1. The first kappa shape index (κ1) is 14.0. The van der Waals surface area contributed by atoms with Gasteiger partial charge in [0.25, 0.3) is 0 Å². The van der Waals surface area contributed by atoms with Crippen LogP contribution in [-0.4, -0.2) is 55.5 Å². The van der Waals surface area contributed by atoms with E-state index in [0.29, 0.717) is 6.54 Å². The Morgan fingerprint density at radius 1 is 1.26 bits per heavy atom. The second-order valence-electron chi connectivity index (χ2n) is 5.29. The van der Waals surface area contributed by atoms with Crippen LogP contribution in [0.3, 0.4) is 0 Å². The number of hydrogen-bond acceptors (Lipinski definition) is 3. The van der Waals surface area contributed by atoms with Crippen molar-refractivity contribution >= 4 is 5.91 Å². The van der Waals surface area contributed by atoms with Gasteiger partial charge in [0.2, 0.25) is 5.91 Å². The van der Waals surface area contributed by atoms with Crippen molar-refractivity contribution in [1.82, 2.24) is 15.1 Å². The highest BCUT2D eigenvalue weighted by Crippen LogP contribution is 2.14. The van der Waals surface area contributed by atoms with Gasteiger partial charge in [0.1, 0.15) is 6.04 Å². The standard InChI is InChI=1S/C15H23N3O/c1-12-4-6-13(7-5-12)11-18-9-8-17(3)15(19)14(18)10-16-2/h4-7,14,16H,8-11H2,1-3H3. The Morgan fingerprint density at radius 3 is 2.58 bits per heavy atom. The fourth-order valence-corrected chi connectivity index (χ4v) is 2.48. The Morgan fingerprint density at radius 2 is 1.95 bits per heavy atom. The fraction of sp³-hybridized carbons (Fsp3) is 0.533. The second kappa shape index (κ2) is 6.17. The van der Waals surface area contributed by atoms with Crippen molar-refractivity contribution < 1.29 is 4.79 Å². The zero-order chi connectivity index (χ0) is 13.8. The van der Waals surface area contributed by atoms with Gasteiger partial charge in [-0.05, 0) is 19.5 Å². The minimum atomic E-state index is -0.0509. The van der Waals surface area contributed by atoms with E-state index in [1.807, 2.05) is 19.0 Å². The Labute approximate surface area is 115 Å². The molecule has 104 valence electrons. The lowest BCUT2D eigenvalue weighted by Gasteiger charge is -2.39. The molecule has 1 N–H and O–H groups in total. The summed E-state index contributed by atoms with van der Waals surface area (Å²) in [6.07, 6.45) is 0. The van der Waals surface area contributed by atoms with Gasteiger partial charge >= 0.3 is 0 Å². The molecule has 1 fully saturated rings. The van der Waals surface area contributed by atoms with Crippen molar-refractivity contribution in [2.45, 2.75) is 19.5 Å². The Bertz CT molecular complexity index is 430. The van der Waals surface area contributed by atoms with Crippen molar-refractivity contribution in [2.24, 2.45) is 0 Å². The number of amides is 1. The summed E-state index contributed by atoms with van der Waals surface area (Å²) < 4.78 is 0. The van der Waals surface area contributed by atoms with Gasteiger partial charge in [-0.3, -0.25) is 9.69 Å². The SMILES string of the molecule is CNCC1C(=O)N(C)CCN1Cc1ccc(C)cc1.